The van der Waals surface area contributed by atoms with Crippen LogP contribution in [0, 0.1) is 13.8 Å². The summed E-state index contributed by atoms with van der Waals surface area (Å²) in [6, 6.07) is 6.33. The molecule has 0 radical (unpaired) electrons. The first-order valence-corrected chi connectivity index (χ1v) is 6.02. The van der Waals surface area contributed by atoms with Crippen LogP contribution in [-0.2, 0) is 6.54 Å². The summed E-state index contributed by atoms with van der Waals surface area (Å²) in [6.07, 6.45) is 0. The number of carbonyl (C=O) groups is 2. The normalized spacial score (nSPS) is 10.3. The summed E-state index contributed by atoms with van der Waals surface area (Å²) in [5, 5.41) is 15.3. The molecule has 0 fully saturated rings. The molecule has 6 nitrogen and oxygen atoms in total. The van der Waals surface area contributed by atoms with Gasteiger partial charge in [0.1, 0.15) is 11.3 Å². The molecule has 1 amide bonds. The molecule has 0 aliphatic heterocycles. The van der Waals surface area contributed by atoms with Crippen molar-refractivity contribution in [2.75, 3.05) is 0 Å². The summed E-state index contributed by atoms with van der Waals surface area (Å²) >= 11 is 0. The summed E-state index contributed by atoms with van der Waals surface area (Å²) in [6.45, 7) is 3.69. The molecule has 0 bridgehead atoms. The van der Waals surface area contributed by atoms with Crippen LogP contribution in [0.15, 0.2) is 28.8 Å². The SMILES string of the molecule is Cc1noc(C)c1C(=O)NCc1ccc(C(=O)O)cc1. The van der Waals surface area contributed by atoms with E-state index in [0.29, 0.717) is 23.6 Å². The Morgan fingerprint density at radius 1 is 1.25 bits per heavy atom. The average Bonchev–Trinajstić information content (AvgIpc) is 2.76. The molecule has 0 unspecified atom stereocenters. The Bertz CT molecular complexity index is 624. The lowest BCUT2D eigenvalue weighted by Gasteiger charge is -2.05. The average molecular weight is 274 g/mol. The Morgan fingerprint density at radius 2 is 1.90 bits per heavy atom. The van der Waals surface area contributed by atoms with E-state index in [4.69, 9.17) is 9.63 Å². The van der Waals surface area contributed by atoms with Crippen LogP contribution in [-0.4, -0.2) is 22.1 Å². The molecule has 1 aromatic carbocycles. The first-order valence-electron chi connectivity index (χ1n) is 6.02. The third kappa shape index (κ3) is 2.85. The highest BCUT2D eigenvalue weighted by molar-refractivity contribution is 5.96. The molecule has 0 saturated heterocycles. The van der Waals surface area contributed by atoms with Gasteiger partial charge in [-0.15, -0.1) is 0 Å². The van der Waals surface area contributed by atoms with Crippen LogP contribution in [0.25, 0.3) is 0 Å². The number of hydrogen-bond donors (Lipinski definition) is 2. The minimum atomic E-state index is -0.976. The Hall–Kier alpha value is -2.63. The maximum Gasteiger partial charge on any atom is 0.335 e. The summed E-state index contributed by atoms with van der Waals surface area (Å²) in [7, 11) is 0. The quantitative estimate of drug-likeness (QED) is 0.888. The van der Waals surface area contributed by atoms with E-state index in [9.17, 15) is 9.59 Å². The van der Waals surface area contributed by atoms with Gasteiger partial charge in [-0.25, -0.2) is 4.79 Å². The van der Waals surface area contributed by atoms with Crippen molar-refractivity contribution in [3.05, 3.63) is 52.4 Å². The van der Waals surface area contributed by atoms with Gasteiger partial charge in [-0.1, -0.05) is 17.3 Å². The van der Waals surface area contributed by atoms with E-state index >= 15 is 0 Å². The van der Waals surface area contributed by atoms with E-state index in [-0.39, 0.29) is 11.5 Å². The molecule has 20 heavy (non-hydrogen) atoms. The fourth-order valence-corrected chi connectivity index (χ4v) is 1.84. The van der Waals surface area contributed by atoms with Crippen LogP contribution >= 0.6 is 0 Å². The number of carboxylic acid groups (broad SMARTS) is 1. The Labute approximate surface area is 115 Å². The first-order chi connectivity index (χ1) is 9.49. The van der Waals surface area contributed by atoms with Gasteiger partial charge in [-0.3, -0.25) is 4.79 Å². The topological polar surface area (TPSA) is 92.4 Å². The Morgan fingerprint density at radius 3 is 2.40 bits per heavy atom. The molecule has 0 atom stereocenters. The van der Waals surface area contributed by atoms with Crippen molar-refractivity contribution in [3.8, 4) is 0 Å². The lowest BCUT2D eigenvalue weighted by Crippen LogP contribution is -2.23. The number of benzene rings is 1. The molecule has 0 aliphatic rings. The molecule has 1 aromatic heterocycles. The minimum Gasteiger partial charge on any atom is -0.478 e. The number of nitrogens with one attached hydrogen (secondary N) is 1. The Kier molecular flexibility index (Phi) is 3.84. The van der Waals surface area contributed by atoms with E-state index in [2.05, 4.69) is 10.5 Å². The second-order valence-electron chi connectivity index (χ2n) is 4.38. The summed E-state index contributed by atoms with van der Waals surface area (Å²) < 4.78 is 4.93. The lowest BCUT2D eigenvalue weighted by molar-refractivity contribution is 0.0696. The number of nitrogens with zero attached hydrogens (tertiary/aromatic N) is 1. The highest BCUT2D eigenvalue weighted by Crippen LogP contribution is 2.12. The predicted octanol–water partition coefficient (Wildman–Crippen LogP) is 1.92. The van der Waals surface area contributed by atoms with Crippen LogP contribution in [0.5, 0.6) is 0 Å². The predicted molar refractivity (Wildman–Crippen MR) is 70.5 cm³/mol. The summed E-state index contributed by atoms with van der Waals surface area (Å²) in [4.78, 5) is 22.7. The number of rotatable bonds is 4. The fourth-order valence-electron chi connectivity index (χ4n) is 1.84. The molecule has 0 aliphatic carbocycles. The van der Waals surface area contributed by atoms with Crippen molar-refractivity contribution >= 4 is 11.9 Å². The van der Waals surface area contributed by atoms with E-state index in [1.807, 2.05) is 0 Å². The summed E-state index contributed by atoms with van der Waals surface area (Å²) in [5.41, 5.74) is 2.01. The maximum absolute atomic E-state index is 12.0. The summed E-state index contributed by atoms with van der Waals surface area (Å²) in [5.74, 6) is -0.763. The standard InChI is InChI=1S/C14H14N2O4/c1-8-12(9(2)20-16-8)13(17)15-7-10-3-5-11(6-4-10)14(18)19/h3-6H,7H2,1-2H3,(H,15,17)(H,18,19). The highest BCUT2D eigenvalue weighted by Gasteiger charge is 2.16. The van der Waals surface area contributed by atoms with Crippen LogP contribution in [0.1, 0.15) is 37.7 Å². The third-order valence-electron chi connectivity index (χ3n) is 2.91. The number of aromatic carboxylic acids is 1. The van der Waals surface area contributed by atoms with Crippen molar-refractivity contribution in [2.24, 2.45) is 0 Å². The minimum absolute atomic E-state index is 0.214. The molecular weight excluding hydrogens is 260 g/mol. The smallest absolute Gasteiger partial charge is 0.335 e. The fraction of sp³-hybridized carbons (Fsp3) is 0.214. The van der Waals surface area contributed by atoms with Crippen LogP contribution in [0.2, 0.25) is 0 Å². The monoisotopic (exact) mass is 274 g/mol. The van der Waals surface area contributed by atoms with Crippen molar-refractivity contribution < 1.29 is 19.2 Å². The van der Waals surface area contributed by atoms with Crippen molar-refractivity contribution in [1.29, 1.82) is 0 Å². The number of aromatic nitrogens is 1. The number of aryl methyl sites for hydroxylation is 2. The number of carboxylic acids is 1. The molecule has 2 N–H and O–H groups in total. The van der Waals surface area contributed by atoms with Gasteiger partial charge in [0, 0.05) is 6.54 Å². The molecule has 6 heteroatoms. The molecule has 2 rings (SSSR count). The lowest BCUT2D eigenvalue weighted by atomic mass is 10.1. The second kappa shape index (κ2) is 5.56. The van der Waals surface area contributed by atoms with Gasteiger partial charge in [0.15, 0.2) is 0 Å². The van der Waals surface area contributed by atoms with Gasteiger partial charge >= 0.3 is 5.97 Å². The van der Waals surface area contributed by atoms with Crippen LogP contribution in [0.4, 0.5) is 0 Å². The van der Waals surface area contributed by atoms with Gasteiger partial charge in [-0.05, 0) is 31.5 Å². The van der Waals surface area contributed by atoms with Crippen molar-refractivity contribution in [2.45, 2.75) is 20.4 Å². The van der Waals surface area contributed by atoms with Gasteiger partial charge in [0.25, 0.3) is 5.91 Å². The first kappa shape index (κ1) is 13.8. The van der Waals surface area contributed by atoms with Crippen molar-refractivity contribution in [3.63, 3.8) is 0 Å². The number of amides is 1. The van der Waals surface area contributed by atoms with E-state index in [1.54, 1.807) is 26.0 Å². The largest absolute Gasteiger partial charge is 0.478 e. The van der Waals surface area contributed by atoms with Crippen LogP contribution < -0.4 is 5.32 Å². The molecule has 104 valence electrons. The maximum atomic E-state index is 12.0. The van der Waals surface area contributed by atoms with Gasteiger partial charge in [0.05, 0.1) is 11.3 Å². The zero-order chi connectivity index (χ0) is 14.7. The molecule has 0 saturated carbocycles. The van der Waals surface area contributed by atoms with Gasteiger partial charge in [0.2, 0.25) is 0 Å². The molecule has 0 spiro atoms. The molecule has 2 aromatic rings. The molecule has 1 heterocycles. The van der Waals surface area contributed by atoms with E-state index in [0.717, 1.165) is 5.56 Å². The highest BCUT2D eigenvalue weighted by atomic mass is 16.5. The van der Waals surface area contributed by atoms with Gasteiger partial charge < -0.3 is 14.9 Å². The zero-order valence-electron chi connectivity index (χ0n) is 11.1. The third-order valence-corrected chi connectivity index (χ3v) is 2.91. The zero-order valence-corrected chi connectivity index (χ0v) is 11.1. The van der Waals surface area contributed by atoms with E-state index < -0.39 is 5.97 Å². The van der Waals surface area contributed by atoms with Crippen molar-refractivity contribution in [1.82, 2.24) is 10.5 Å². The number of hydrogen-bond acceptors (Lipinski definition) is 4. The van der Waals surface area contributed by atoms with Gasteiger partial charge in [-0.2, -0.15) is 0 Å². The second-order valence-corrected chi connectivity index (χ2v) is 4.38. The number of carbonyl (C=O) groups excluding carboxylic acids is 1. The Balaban J connectivity index is 2.02. The van der Waals surface area contributed by atoms with Crippen LogP contribution in [0.3, 0.4) is 0 Å². The van der Waals surface area contributed by atoms with E-state index in [1.165, 1.54) is 12.1 Å². The molecular formula is C14H14N2O4.